The first-order valence-electron chi connectivity index (χ1n) is 9.49. The first-order chi connectivity index (χ1) is 14.0. The van der Waals surface area contributed by atoms with Gasteiger partial charge in [0.2, 0.25) is 0 Å². The van der Waals surface area contributed by atoms with Crippen molar-refractivity contribution in [3.8, 4) is 11.3 Å². The van der Waals surface area contributed by atoms with Crippen LogP contribution in [0.2, 0.25) is 0 Å². The normalized spacial score (nSPS) is 16.9. The van der Waals surface area contributed by atoms with Gasteiger partial charge in [-0.05, 0) is 36.8 Å². The smallest absolute Gasteiger partial charge is 0.251 e. The molecule has 2 N–H and O–H groups in total. The summed E-state index contributed by atoms with van der Waals surface area (Å²) in [6, 6.07) is 5.86. The fourth-order valence-electron chi connectivity index (χ4n) is 3.63. The maximum absolute atomic E-state index is 14.9. The van der Waals surface area contributed by atoms with Crippen molar-refractivity contribution < 1.29 is 18.3 Å². The second-order valence-electron chi connectivity index (χ2n) is 7.13. The van der Waals surface area contributed by atoms with Crippen molar-refractivity contribution >= 4 is 11.6 Å². The molecule has 0 saturated carbocycles. The van der Waals surface area contributed by atoms with Gasteiger partial charge in [-0.15, -0.1) is 0 Å². The number of imidazole rings is 1. The lowest BCUT2D eigenvalue weighted by Gasteiger charge is -2.24. The number of halogens is 2. The van der Waals surface area contributed by atoms with Crippen LogP contribution < -0.4 is 10.6 Å². The number of carbonyl (C=O) groups excluding carboxylic acids is 1. The quantitative estimate of drug-likeness (QED) is 0.706. The van der Waals surface area contributed by atoms with E-state index < -0.39 is 17.5 Å². The third-order valence-electron chi connectivity index (χ3n) is 5.07. The first kappa shape index (κ1) is 19.5. The molecule has 29 heavy (non-hydrogen) atoms. The Labute approximate surface area is 166 Å². The number of amides is 1. The van der Waals surface area contributed by atoms with Crippen molar-refractivity contribution in [2.24, 2.45) is 0 Å². The number of pyridine rings is 1. The largest absolute Gasteiger partial charge is 0.375 e. The van der Waals surface area contributed by atoms with Gasteiger partial charge in [0.1, 0.15) is 17.3 Å². The summed E-state index contributed by atoms with van der Waals surface area (Å²) in [4.78, 5) is 16.3. The predicted octanol–water partition coefficient (Wildman–Crippen LogP) is 2.48. The van der Waals surface area contributed by atoms with Gasteiger partial charge in [0.15, 0.2) is 0 Å². The van der Waals surface area contributed by atoms with E-state index in [0.29, 0.717) is 30.9 Å². The van der Waals surface area contributed by atoms with Gasteiger partial charge in [-0.2, -0.15) is 0 Å². The van der Waals surface area contributed by atoms with Crippen LogP contribution in [-0.4, -0.2) is 48.1 Å². The summed E-state index contributed by atoms with van der Waals surface area (Å²) in [6.45, 7) is 3.94. The fraction of sp³-hybridized carbons (Fsp3) is 0.333. The van der Waals surface area contributed by atoms with Crippen LogP contribution in [0, 0.1) is 18.6 Å². The third-order valence-corrected chi connectivity index (χ3v) is 5.07. The Morgan fingerprint density at radius 3 is 2.76 bits per heavy atom. The van der Waals surface area contributed by atoms with Gasteiger partial charge in [0, 0.05) is 38.3 Å². The van der Waals surface area contributed by atoms with Crippen LogP contribution in [0.4, 0.5) is 8.78 Å². The molecule has 1 atom stereocenters. The highest BCUT2D eigenvalue weighted by atomic mass is 19.1. The Hall–Kier alpha value is -2.84. The lowest BCUT2D eigenvalue weighted by Crippen LogP contribution is -2.39. The predicted molar refractivity (Wildman–Crippen MR) is 105 cm³/mol. The standard InChI is InChI=1S/C21H22F2N4O2/c1-12-3-5-27-17(10-14-11-25-4-6-29-14)20(26-18(27)7-12)19-15(22)8-13(9-16(19)23)21(28)24-2/h3,5,7-9,14,25H,4,6,10-11H2,1-2H3,(H,24,28). The molecule has 1 saturated heterocycles. The van der Waals surface area contributed by atoms with Gasteiger partial charge >= 0.3 is 0 Å². The third kappa shape index (κ3) is 3.73. The highest BCUT2D eigenvalue weighted by molar-refractivity contribution is 5.94. The molecule has 0 bridgehead atoms. The minimum absolute atomic E-state index is 0.0766. The molecular formula is C21H22F2N4O2. The molecule has 1 unspecified atom stereocenters. The number of morpholine rings is 1. The van der Waals surface area contributed by atoms with Gasteiger partial charge in [0.05, 0.1) is 29.7 Å². The molecule has 3 heterocycles. The second kappa shape index (κ2) is 7.88. The van der Waals surface area contributed by atoms with E-state index >= 15 is 0 Å². The summed E-state index contributed by atoms with van der Waals surface area (Å²) < 4.78 is 37.5. The average molecular weight is 400 g/mol. The van der Waals surface area contributed by atoms with E-state index in [2.05, 4.69) is 15.6 Å². The van der Waals surface area contributed by atoms with Gasteiger partial charge in [-0.25, -0.2) is 13.8 Å². The minimum Gasteiger partial charge on any atom is -0.375 e. The Kier molecular flexibility index (Phi) is 5.29. The van der Waals surface area contributed by atoms with E-state index in [1.54, 1.807) is 0 Å². The summed E-state index contributed by atoms with van der Waals surface area (Å²) >= 11 is 0. The van der Waals surface area contributed by atoms with E-state index in [9.17, 15) is 13.6 Å². The lowest BCUT2D eigenvalue weighted by molar-refractivity contribution is 0.0286. The molecule has 1 aromatic carbocycles. The zero-order valence-corrected chi connectivity index (χ0v) is 16.3. The minimum atomic E-state index is -0.826. The van der Waals surface area contributed by atoms with E-state index in [-0.39, 0.29) is 22.9 Å². The first-order valence-corrected chi connectivity index (χ1v) is 9.49. The Balaban J connectivity index is 1.86. The number of ether oxygens (including phenoxy) is 1. The molecular weight excluding hydrogens is 378 g/mol. The van der Waals surface area contributed by atoms with Crippen LogP contribution >= 0.6 is 0 Å². The van der Waals surface area contributed by atoms with E-state index in [0.717, 1.165) is 24.2 Å². The van der Waals surface area contributed by atoms with Crippen LogP contribution in [0.5, 0.6) is 0 Å². The maximum Gasteiger partial charge on any atom is 0.251 e. The van der Waals surface area contributed by atoms with Crippen LogP contribution in [0.1, 0.15) is 21.6 Å². The second-order valence-corrected chi connectivity index (χ2v) is 7.13. The summed E-state index contributed by atoms with van der Waals surface area (Å²) in [5, 5.41) is 5.64. The summed E-state index contributed by atoms with van der Waals surface area (Å²) in [5.74, 6) is -2.21. The van der Waals surface area contributed by atoms with E-state index in [4.69, 9.17) is 4.74 Å². The monoisotopic (exact) mass is 400 g/mol. The number of benzene rings is 1. The molecule has 4 rings (SSSR count). The van der Waals surface area contributed by atoms with Crippen LogP contribution in [0.15, 0.2) is 30.5 Å². The Bertz CT molecular complexity index is 1050. The molecule has 1 amide bonds. The number of carbonyl (C=O) groups is 1. The molecule has 3 aromatic rings. The molecule has 2 aromatic heterocycles. The topological polar surface area (TPSA) is 67.7 Å². The molecule has 0 spiro atoms. The van der Waals surface area contributed by atoms with Crippen molar-refractivity contribution in [1.82, 2.24) is 20.0 Å². The van der Waals surface area contributed by atoms with Gasteiger partial charge in [0.25, 0.3) is 5.91 Å². The fourth-order valence-corrected chi connectivity index (χ4v) is 3.63. The summed E-state index contributed by atoms with van der Waals surface area (Å²) in [5.41, 5.74) is 2.17. The number of rotatable bonds is 4. The SMILES string of the molecule is CNC(=O)c1cc(F)c(-c2nc3cc(C)ccn3c2CC2CNCCO2)c(F)c1. The number of nitrogens with zero attached hydrogens (tertiary/aromatic N) is 2. The number of nitrogens with one attached hydrogen (secondary N) is 2. The zero-order valence-electron chi connectivity index (χ0n) is 16.3. The van der Waals surface area contributed by atoms with Crippen molar-refractivity contribution in [3.63, 3.8) is 0 Å². The van der Waals surface area contributed by atoms with Crippen molar-refractivity contribution in [3.05, 3.63) is 58.9 Å². The molecule has 152 valence electrons. The number of hydrogen-bond acceptors (Lipinski definition) is 4. The van der Waals surface area contributed by atoms with E-state index in [1.807, 2.05) is 29.7 Å². The van der Waals surface area contributed by atoms with Crippen LogP contribution in [-0.2, 0) is 11.2 Å². The maximum atomic E-state index is 14.9. The average Bonchev–Trinajstić information content (AvgIpc) is 3.04. The molecule has 1 aliphatic heterocycles. The molecule has 6 nitrogen and oxygen atoms in total. The van der Waals surface area contributed by atoms with Crippen molar-refractivity contribution in [1.29, 1.82) is 0 Å². The Morgan fingerprint density at radius 1 is 1.34 bits per heavy atom. The zero-order chi connectivity index (χ0) is 20.5. The molecule has 1 fully saturated rings. The number of aryl methyl sites for hydroxylation is 1. The van der Waals surface area contributed by atoms with Gasteiger partial charge in [-0.3, -0.25) is 4.79 Å². The number of hydrogen-bond donors (Lipinski definition) is 2. The number of fused-ring (bicyclic) bond motifs is 1. The highest BCUT2D eigenvalue weighted by Gasteiger charge is 2.25. The molecule has 8 heteroatoms. The lowest BCUT2D eigenvalue weighted by atomic mass is 10.0. The van der Waals surface area contributed by atoms with Crippen molar-refractivity contribution in [2.45, 2.75) is 19.4 Å². The molecule has 1 aliphatic rings. The molecule has 0 radical (unpaired) electrons. The summed E-state index contributed by atoms with van der Waals surface area (Å²) in [7, 11) is 1.41. The molecule has 0 aliphatic carbocycles. The van der Waals surface area contributed by atoms with Gasteiger partial charge < -0.3 is 19.8 Å². The van der Waals surface area contributed by atoms with Crippen LogP contribution in [0.3, 0.4) is 0 Å². The van der Waals surface area contributed by atoms with Crippen molar-refractivity contribution in [2.75, 3.05) is 26.7 Å². The van der Waals surface area contributed by atoms with Crippen LogP contribution in [0.25, 0.3) is 16.9 Å². The van der Waals surface area contributed by atoms with E-state index in [1.165, 1.54) is 7.05 Å². The Morgan fingerprint density at radius 2 is 2.10 bits per heavy atom. The summed E-state index contributed by atoms with van der Waals surface area (Å²) in [6.07, 6.45) is 2.17. The number of aromatic nitrogens is 2. The van der Waals surface area contributed by atoms with Gasteiger partial charge in [-0.1, -0.05) is 0 Å². The highest BCUT2D eigenvalue weighted by Crippen LogP contribution is 2.31.